The van der Waals surface area contributed by atoms with Crippen molar-refractivity contribution in [2.45, 2.75) is 25.4 Å². The number of hydrogen-bond acceptors (Lipinski definition) is 8. The Morgan fingerprint density at radius 2 is 1.77 bits per heavy atom. The number of carbonyl (C=O) groups is 2. The maximum atomic E-state index is 13.1. The third kappa shape index (κ3) is 4.13. The molecule has 0 bridgehead atoms. The molecule has 0 saturated carbocycles. The number of carbonyl (C=O) groups excluding carboxylic acids is 2. The summed E-state index contributed by atoms with van der Waals surface area (Å²) in [4.78, 5) is 27.6. The Morgan fingerprint density at radius 1 is 1.09 bits per heavy atom. The lowest BCUT2D eigenvalue weighted by Gasteiger charge is -2.36. The van der Waals surface area contributed by atoms with E-state index in [1.165, 1.54) is 19.1 Å². The van der Waals surface area contributed by atoms with Crippen molar-refractivity contribution in [2.24, 2.45) is 5.73 Å². The van der Waals surface area contributed by atoms with E-state index in [-0.39, 0.29) is 22.7 Å². The highest BCUT2D eigenvalue weighted by Crippen LogP contribution is 2.44. The number of rotatable bonds is 4. The Balaban J connectivity index is 2.00. The van der Waals surface area contributed by atoms with Crippen LogP contribution in [0.5, 0.6) is 5.75 Å². The van der Waals surface area contributed by atoms with Crippen LogP contribution in [0.15, 0.2) is 77.3 Å². The topological polar surface area (TPSA) is 115 Å². The molecule has 8 heteroatoms. The fraction of sp³-hybridized carbons (Fsp3) is 0.222. The van der Waals surface area contributed by atoms with Crippen LogP contribution in [0.25, 0.3) is 6.08 Å². The molecule has 2 aliphatic rings. The first kappa shape index (κ1) is 23.6. The third-order valence-corrected chi connectivity index (χ3v) is 5.90. The third-order valence-electron chi connectivity index (χ3n) is 5.90. The largest absolute Gasteiger partial charge is 0.483 e. The van der Waals surface area contributed by atoms with Crippen molar-refractivity contribution in [3.63, 3.8) is 0 Å². The number of nitrogens with two attached hydrogens (primary N) is 1. The van der Waals surface area contributed by atoms with Crippen LogP contribution < -0.4 is 15.4 Å². The average molecular weight is 472 g/mol. The van der Waals surface area contributed by atoms with E-state index in [2.05, 4.69) is 6.07 Å². The summed E-state index contributed by atoms with van der Waals surface area (Å²) in [6.45, 7) is 3.88. The van der Waals surface area contributed by atoms with E-state index in [1.807, 2.05) is 32.1 Å². The fourth-order valence-electron chi connectivity index (χ4n) is 4.29. The summed E-state index contributed by atoms with van der Waals surface area (Å²) in [6, 6.07) is 16.2. The molecule has 0 radical (unpaired) electrons. The Morgan fingerprint density at radius 3 is 2.40 bits per heavy atom. The highest BCUT2D eigenvalue weighted by Gasteiger charge is 2.43. The first-order chi connectivity index (χ1) is 16.7. The molecule has 2 aromatic rings. The van der Waals surface area contributed by atoms with Crippen molar-refractivity contribution in [3.8, 4) is 11.8 Å². The highest BCUT2D eigenvalue weighted by atomic mass is 16.5. The monoisotopic (exact) mass is 471 g/mol. The lowest BCUT2D eigenvalue weighted by atomic mass is 9.81. The van der Waals surface area contributed by atoms with Crippen LogP contribution in [0.2, 0.25) is 0 Å². The Bertz CT molecular complexity index is 1330. The first-order valence-electron chi connectivity index (χ1n) is 10.9. The minimum absolute atomic E-state index is 0.00962. The van der Waals surface area contributed by atoms with E-state index in [9.17, 15) is 14.9 Å². The van der Waals surface area contributed by atoms with Gasteiger partial charge in [0.05, 0.1) is 37.4 Å². The molecule has 0 aromatic heterocycles. The van der Waals surface area contributed by atoms with Crippen LogP contribution in [0, 0.1) is 11.3 Å². The number of methoxy groups -OCH3 is 2. The maximum absolute atomic E-state index is 13.1. The van der Waals surface area contributed by atoms with Gasteiger partial charge < -0.3 is 19.9 Å². The molecule has 2 aliphatic heterocycles. The van der Waals surface area contributed by atoms with Gasteiger partial charge in [0.25, 0.3) is 0 Å². The number of fused-ring (bicyclic) bond motifs is 1. The molecule has 1 atom stereocenters. The van der Waals surface area contributed by atoms with Crippen LogP contribution in [-0.4, -0.2) is 31.8 Å². The smallest absolute Gasteiger partial charge is 0.355 e. The van der Waals surface area contributed by atoms with Gasteiger partial charge in [-0.1, -0.05) is 36.4 Å². The molecule has 0 spiro atoms. The second-order valence-corrected chi connectivity index (χ2v) is 8.60. The van der Waals surface area contributed by atoms with Gasteiger partial charge in [0.2, 0.25) is 0 Å². The zero-order valence-electron chi connectivity index (χ0n) is 19.9. The summed E-state index contributed by atoms with van der Waals surface area (Å²) in [6.07, 6.45) is 3.82. The summed E-state index contributed by atoms with van der Waals surface area (Å²) in [5, 5.41) is 10.1. The molecule has 4 rings (SSSR count). The van der Waals surface area contributed by atoms with Gasteiger partial charge in [-0.2, -0.15) is 5.26 Å². The fourth-order valence-corrected chi connectivity index (χ4v) is 4.29. The van der Waals surface area contributed by atoms with Crippen LogP contribution in [0.4, 0.5) is 5.69 Å². The lowest BCUT2D eigenvalue weighted by molar-refractivity contribution is -0.139. The molecule has 2 N–H and O–H groups in total. The van der Waals surface area contributed by atoms with Crippen LogP contribution in [0.3, 0.4) is 0 Å². The van der Waals surface area contributed by atoms with E-state index in [1.54, 1.807) is 42.5 Å². The summed E-state index contributed by atoms with van der Waals surface area (Å²) in [7, 11) is 2.43. The molecule has 2 aromatic carbocycles. The zero-order valence-corrected chi connectivity index (χ0v) is 19.9. The van der Waals surface area contributed by atoms with Gasteiger partial charge in [0.1, 0.15) is 22.9 Å². The molecule has 0 fully saturated rings. The van der Waals surface area contributed by atoms with Crippen molar-refractivity contribution >= 4 is 23.7 Å². The van der Waals surface area contributed by atoms with Crippen molar-refractivity contribution in [3.05, 3.63) is 88.4 Å². The van der Waals surface area contributed by atoms with Gasteiger partial charge in [-0.15, -0.1) is 0 Å². The predicted octanol–water partition coefficient (Wildman–Crippen LogP) is 3.77. The second-order valence-electron chi connectivity index (χ2n) is 8.60. The van der Waals surface area contributed by atoms with E-state index in [4.69, 9.17) is 19.9 Å². The number of nitriles is 1. The number of ether oxygens (including phenoxy) is 3. The van der Waals surface area contributed by atoms with Crippen LogP contribution in [-0.2, 0) is 19.1 Å². The quantitative estimate of drug-likeness (QED) is 0.670. The van der Waals surface area contributed by atoms with Gasteiger partial charge in [-0.3, -0.25) is 4.90 Å². The normalized spacial score (nSPS) is 18.4. The maximum Gasteiger partial charge on any atom is 0.355 e. The summed E-state index contributed by atoms with van der Waals surface area (Å²) >= 11 is 0. The number of benzene rings is 2. The van der Waals surface area contributed by atoms with Gasteiger partial charge in [0, 0.05) is 11.3 Å². The van der Waals surface area contributed by atoms with E-state index in [0.717, 1.165) is 5.56 Å². The standard InChI is InChI=1S/C27H25N3O5/c1-27(2)13-12-17-14-18(10-11-20(17)35-27)30-23(26(32)34-4)22(25(31)33-3)21(19(15-28)24(30)29)16-8-6-5-7-9-16/h5-14,21H,29H2,1-4H3. The molecular weight excluding hydrogens is 446 g/mol. The Labute approximate surface area is 203 Å². The van der Waals surface area contributed by atoms with Crippen molar-refractivity contribution in [2.75, 3.05) is 19.1 Å². The molecule has 178 valence electrons. The molecule has 1 unspecified atom stereocenters. The molecule has 0 amide bonds. The molecule has 35 heavy (non-hydrogen) atoms. The number of allylic oxidation sites excluding steroid dienone is 1. The van der Waals surface area contributed by atoms with Crippen molar-refractivity contribution < 1.29 is 23.8 Å². The lowest BCUT2D eigenvalue weighted by Crippen LogP contribution is -2.40. The van der Waals surface area contributed by atoms with Crippen molar-refractivity contribution in [1.29, 1.82) is 5.26 Å². The predicted molar refractivity (Wildman–Crippen MR) is 130 cm³/mol. The second kappa shape index (κ2) is 9.03. The first-order valence-corrected chi connectivity index (χ1v) is 10.9. The Hall–Kier alpha value is -4.51. The van der Waals surface area contributed by atoms with Crippen LogP contribution >= 0.6 is 0 Å². The zero-order chi connectivity index (χ0) is 25.3. The summed E-state index contributed by atoms with van der Waals surface area (Å²) in [5.41, 5.74) is 7.83. The molecule has 0 saturated heterocycles. The van der Waals surface area contributed by atoms with Crippen LogP contribution in [0.1, 0.15) is 30.9 Å². The minimum Gasteiger partial charge on any atom is -0.483 e. The number of nitrogens with zero attached hydrogens (tertiary/aromatic N) is 2. The van der Waals surface area contributed by atoms with Crippen molar-refractivity contribution in [1.82, 2.24) is 0 Å². The van der Waals surface area contributed by atoms with Gasteiger partial charge in [-0.05, 0) is 43.7 Å². The number of esters is 2. The molecule has 0 aliphatic carbocycles. The number of anilines is 1. The van der Waals surface area contributed by atoms with E-state index >= 15 is 0 Å². The van der Waals surface area contributed by atoms with Gasteiger partial charge in [-0.25, -0.2) is 9.59 Å². The average Bonchev–Trinajstić information content (AvgIpc) is 2.86. The van der Waals surface area contributed by atoms with Gasteiger partial charge in [0.15, 0.2) is 0 Å². The molecule has 8 nitrogen and oxygen atoms in total. The summed E-state index contributed by atoms with van der Waals surface area (Å²) in [5.74, 6) is -1.82. The highest BCUT2D eigenvalue weighted by molar-refractivity contribution is 6.06. The molecular formula is C27H25N3O5. The molecule has 2 heterocycles. The number of hydrogen-bond donors (Lipinski definition) is 1. The van der Waals surface area contributed by atoms with E-state index < -0.39 is 23.5 Å². The van der Waals surface area contributed by atoms with E-state index in [0.29, 0.717) is 17.0 Å². The van der Waals surface area contributed by atoms with Gasteiger partial charge >= 0.3 is 11.9 Å². The summed E-state index contributed by atoms with van der Waals surface area (Å²) < 4.78 is 16.1. The SMILES string of the molecule is COC(=O)C1=C(C(=O)OC)N(c2ccc3c(c2)C=CC(C)(C)O3)C(N)=C(C#N)C1c1ccccc1. The minimum atomic E-state index is -0.916. The Kier molecular flexibility index (Phi) is 6.10.